The molecule has 0 unspecified atom stereocenters. The Labute approximate surface area is 208 Å². The lowest BCUT2D eigenvalue weighted by molar-refractivity contribution is -0.154. The zero-order valence-corrected chi connectivity index (χ0v) is 20.6. The second-order valence-electron chi connectivity index (χ2n) is 10.2. The van der Waals surface area contributed by atoms with Gasteiger partial charge in [0.05, 0.1) is 12.1 Å². The summed E-state index contributed by atoms with van der Waals surface area (Å²) >= 11 is 0. The van der Waals surface area contributed by atoms with Crippen LogP contribution in [0.5, 0.6) is 5.88 Å². The quantitative estimate of drug-likeness (QED) is 0.431. The molecule has 0 saturated heterocycles. The zero-order valence-electron chi connectivity index (χ0n) is 20.6. The van der Waals surface area contributed by atoms with Crippen molar-refractivity contribution in [3.63, 3.8) is 0 Å². The second-order valence-corrected chi connectivity index (χ2v) is 10.2. The van der Waals surface area contributed by atoms with Crippen LogP contribution in [-0.4, -0.2) is 58.9 Å². The highest BCUT2D eigenvalue weighted by Crippen LogP contribution is 2.39. The molecule has 36 heavy (non-hydrogen) atoms. The SMILES string of the molecule is Cc1cc(CC(=O)CC2CCC(F)(CCN3CCc4ccc(OCC(F)(F)F)nc4CC3)CC2)no1. The van der Waals surface area contributed by atoms with Gasteiger partial charge in [-0.15, -0.1) is 0 Å². The van der Waals surface area contributed by atoms with Crippen LogP contribution in [0.3, 0.4) is 0 Å². The Hall–Kier alpha value is -2.49. The first-order valence-corrected chi connectivity index (χ1v) is 12.6. The smallest absolute Gasteiger partial charge is 0.422 e. The average Bonchev–Trinajstić information content (AvgIpc) is 3.11. The molecule has 0 aromatic carbocycles. The number of hydrogen-bond donors (Lipinski definition) is 0. The minimum Gasteiger partial charge on any atom is -0.468 e. The fraction of sp³-hybridized carbons (Fsp3) is 0.654. The number of hydrogen-bond acceptors (Lipinski definition) is 6. The van der Waals surface area contributed by atoms with Crippen LogP contribution in [0.1, 0.15) is 61.2 Å². The molecule has 0 bridgehead atoms. The molecular weight excluding hydrogens is 478 g/mol. The monoisotopic (exact) mass is 511 g/mol. The molecular formula is C26H33F4N3O3. The van der Waals surface area contributed by atoms with E-state index in [0.29, 0.717) is 69.5 Å². The summed E-state index contributed by atoms with van der Waals surface area (Å²) < 4.78 is 62.6. The first-order chi connectivity index (χ1) is 17.1. The van der Waals surface area contributed by atoms with Crippen molar-refractivity contribution in [2.75, 3.05) is 26.2 Å². The number of carbonyl (C=O) groups excluding carboxylic acids is 1. The van der Waals surface area contributed by atoms with Crippen LogP contribution in [0.4, 0.5) is 17.6 Å². The number of rotatable bonds is 9. The second kappa shape index (κ2) is 11.3. The number of ketones is 1. The van der Waals surface area contributed by atoms with E-state index < -0.39 is 18.5 Å². The number of nitrogens with zero attached hydrogens (tertiary/aromatic N) is 3. The standard InChI is InChI=1S/C26H33F4N3O3/c1-18-14-21(32-36-18)16-22(34)15-19-4-8-25(27,9-5-19)10-13-33-11-6-20-2-3-24(31-23(20)7-12-33)35-17-26(28,29)30/h2-3,14,19H,4-13,15-17H2,1H3. The first kappa shape index (κ1) is 26.6. The summed E-state index contributed by atoms with van der Waals surface area (Å²) in [5.74, 6) is 0.988. The molecule has 6 nitrogen and oxygen atoms in total. The van der Waals surface area contributed by atoms with Crippen LogP contribution < -0.4 is 4.74 Å². The molecule has 1 aliphatic heterocycles. The van der Waals surface area contributed by atoms with E-state index in [1.165, 1.54) is 6.07 Å². The molecule has 0 radical (unpaired) electrons. The van der Waals surface area contributed by atoms with Gasteiger partial charge in [-0.2, -0.15) is 13.2 Å². The van der Waals surface area contributed by atoms with E-state index in [2.05, 4.69) is 15.0 Å². The van der Waals surface area contributed by atoms with E-state index >= 15 is 4.39 Å². The maximum atomic E-state index is 15.5. The summed E-state index contributed by atoms with van der Waals surface area (Å²) in [7, 11) is 0. The Morgan fingerprint density at radius 2 is 1.97 bits per heavy atom. The molecule has 2 aromatic rings. The number of alkyl halides is 4. The van der Waals surface area contributed by atoms with Crippen LogP contribution in [0.15, 0.2) is 22.7 Å². The molecule has 1 fully saturated rings. The molecule has 0 atom stereocenters. The van der Waals surface area contributed by atoms with Gasteiger partial charge in [0.2, 0.25) is 5.88 Å². The molecule has 2 aromatic heterocycles. The van der Waals surface area contributed by atoms with Gasteiger partial charge in [0.25, 0.3) is 0 Å². The van der Waals surface area contributed by atoms with Crippen LogP contribution in [-0.2, 0) is 24.1 Å². The van der Waals surface area contributed by atoms with Crippen molar-refractivity contribution in [3.05, 3.63) is 40.9 Å². The van der Waals surface area contributed by atoms with Crippen molar-refractivity contribution >= 4 is 5.78 Å². The number of fused-ring (bicyclic) bond motifs is 1. The van der Waals surface area contributed by atoms with Gasteiger partial charge >= 0.3 is 6.18 Å². The first-order valence-electron chi connectivity index (χ1n) is 12.6. The lowest BCUT2D eigenvalue weighted by Gasteiger charge is -2.35. The summed E-state index contributed by atoms with van der Waals surface area (Å²) in [6.07, 6.45) is 0.391. The number of halogens is 4. The van der Waals surface area contributed by atoms with Crippen molar-refractivity contribution in [2.24, 2.45) is 5.92 Å². The maximum absolute atomic E-state index is 15.5. The summed E-state index contributed by atoms with van der Waals surface area (Å²) in [5, 5.41) is 3.87. The maximum Gasteiger partial charge on any atom is 0.422 e. The van der Waals surface area contributed by atoms with Crippen molar-refractivity contribution in [2.45, 2.75) is 76.6 Å². The van der Waals surface area contributed by atoms with E-state index in [-0.39, 0.29) is 24.0 Å². The summed E-state index contributed by atoms with van der Waals surface area (Å²) in [4.78, 5) is 18.8. The molecule has 0 spiro atoms. The van der Waals surface area contributed by atoms with E-state index in [0.717, 1.165) is 24.2 Å². The van der Waals surface area contributed by atoms with Crippen molar-refractivity contribution in [1.82, 2.24) is 15.0 Å². The molecule has 10 heteroatoms. The van der Waals surface area contributed by atoms with E-state index in [9.17, 15) is 18.0 Å². The molecule has 1 saturated carbocycles. The number of aromatic nitrogens is 2. The van der Waals surface area contributed by atoms with E-state index in [1.54, 1.807) is 19.1 Å². The highest BCUT2D eigenvalue weighted by atomic mass is 19.4. The van der Waals surface area contributed by atoms with E-state index in [4.69, 9.17) is 9.26 Å². The molecule has 0 N–H and O–H groups in total. The lowest BCUT2D eigenvalue weighted by atomic mass is 9.76. The van der Waals surface area contributed by atoms with Crippen molar-refractivity contribution in [3.8, 4) is 5.88 Å². The number of Topliss-reactive ketones (excluding diaryl/α,β-unsaturated/α-hetero) is 1. The fourth-order valence-corrected chi connectivity index (χ4v) is 5.17. The van der Waals surface area contributed by atoms with Crippen LogP contribution in [0, 0.1) is 12.8 Å². The van der Waals surface area contributed by atoms with Gasteiger partial charge in [0, 0.05) is 50.3 Å². The molecule has 1 aliphatic carbocycles. The zero-order chi connectivity index (χ0) is 25.8. The number of pyridine rings is 1. The Bertz CT molecular complexity index is 1030. The van der Waals surface area contributed by atoms with Crippen molar-refractivity contribution < 1.29 is 31.6 Å². The molecule has 0 amide bonds. The number of carbonyl (C=O) groups is 1. The predicted octanol–water partition coefficient (Wildman–Crippen LogP) is 5.21. The number of aryl methyl sites for hydroxylation is 1. The molecule has 2 aliphatic rings. The van der Waals surface area contributed by atoms with Crippen molar-refractivity contribution in [1.29, 1.82) is 0 Å². The third kappa shape index (κ3) is 7.75. The third-order valence-corrected chi connectivity index (χ3v) is 7.24. The normalized spacial score (nSPS) is 23.2. The average molecular weight is 512 g/mol. The van der Waals surface area contributed by atoms with Gasteiger partial charge < -0.3 is 14.2 Å². The molecule has 4 rings (SSSR count). The van der Waals surface area contributed by atoms with Gasteiger partial charge in [-0.25, -0.2) is 9.37 Å². The Morgan fingerprint density at radius 1 is 1.22 bits per heavy atom. The van der Waals surface area contributed by atoms with Crippen LogP contribution in [0.25, 0.3) is 0 Å². The lowest BCUT2D eigenvalue weighted by Crippen LogP contribution is -2.36. The summed E-state index contributed by atoms with van der Waals surface area (Å²) in [5.41, 5.74) is 1.17. The van der Waals surface area contributed by atoms with E-state index in [1.807, 2.05) is 0 Å². The topological polar surface area (TPSA) is 68.5 Å². The van der Waals surface area contributed by atoms with Gasteiger partial charge in [-0.3, -0.25) is 4.79 Å². The van der Waals surface area contributed by atoms with Gasteiger partial charge in [0.15, 0.2) is 6.61 Å². The van der Waals surface area contributed by atoms with Crippen LogP contribution in [0.2, 0.25) is 0 Å². The summed E-state index contributed by atoms with van der Waals surface area (Å²) in [6, 6.07) is 5.02. The summed E-state index contributed by atoms with van der Waals surface area (Å²) in [6.45, 7) is 2.48. The third-order valence-electron chi connectivity index (χ3n) is 7.24. The van der Waals surface area contributed by atoms with Gasteiger partial charge in [0.1, 0.15) is 17.2 Å². The minimum absolute atomic E-state index is 0.0198. The highest BCUT2D eigenvalue weighted by Gasteiger charge is 2.36. The molecule has 198 valence electrons. The fourth-order valence-electron chi connectivity index (χ4n) is 5.17. The van der Waals surface area contributed by atoms with Crippen LogP contribution >= 0.6 is 0 Å². The largest absolute Gasteiger partial charge is 0.468 e. The predicted molar refractivity (Wildman–Crippen MR) is 125 cm³/mol. The highest BCUT2D eigenvalue weighted by molar-refractivity contribution is 5.80. The number of ether oxygens (including phenoxy) is 1. The Morgan fingerprint density at radius 3 is 2.67 bits per heavy atom. The van der Waals surface area contributed by atoms with Gasteiger partial charge in [-0.05, 0) is 56.9 Å². The van der Waals surface area contributed by atoms with Gasteiger partial charge in [-0.1, -0.05) is 11.2 Å². The Balaban J connectivity index is 1.19. The minimum atomic E-state index is -4.40. The Kier molecular flexibility index (Phi) is 8.32. The molecule has 3 heterocycles.